The molecule has 1 amide bonds. The smallest absolute Gasteiger partial charge is 0.261 e. The number of aryl methyl sites for hydroxylation is 3. The summed E-state index contributed by atoms with van der Waals surface area (Å²) in [6, 6.07) is 19.2. The van der Waals surface area contributed by atoms with Crippen LogP contribution in [0.1, 0.15) is 52.0 Å². The van der Waals surface area contributed by atoms with Crippen molar-refractivity contribution >= 4 is 21.6 Å². The summed E-state index contributed by atoms with van der Waals surface area (Å²) in [4.78, 5) is 12.9. The molecule has 0 radical (unpaired) electrons. The molecule has 5 nitrogen and oxygen atoms in total. The minimum absolute atomic E-state index is 0.0912. The third-order valence-electron chi connectivity index (χ3n) is 5.38. The first-order valence-corrected chi connectivity index (χ1v) is 11.8. The molecule has 0 bridgehead atoms. The van der Waals surface area contributed by atoms with Gasteiger partial charge in [-0.2, -0.15) is 0 Å². The van der Waals surface area contributed by atoms with Crippen molar-refractivity contribution in [3.63, 3.8) is 0 Å². The van der Waals surface area contributed by atoms with Crippen molar-refractivity contribution in [2.24, 2.45) is 0 Å². The van der Waals surface area contributed by atoms with Crippen molar-refractivity contribution in [1.82, 2.24) is 5.32 Å². The first-order chi connectivity index (χ1) is 14.7. The normalized spacial score (nSPS) is 12.3. The number of carbonyl (C=O) groups excluding carboxylic acids is 1. The van der Waals surface area contributed by atoms with Crippen molar-refractivity contribution in [2.45, 2.75) is 45.1 Å². The zero-order chi connectivity index (χ0) is 22.6. The minimum Gasteiger partial charge on any atom is -0.345 e. The van der Waals surface area contributed by atoms with Gasteiger partial charge in [-0.3, -0.25) is 9.52 Å². The van der Waals surface area contributed by atoms with E-state index in [0.29, 0.717) is 11.3 Å². The highest BCUT2D eigenvalue weighted by Crippen LogP contribution is 2.21. The maximum absolute atomic E-state index is 12.7. The summed E-state index contributed by atoms with van der Waals surface area (Å²) in [6.45, 7) is 8.05. The molecule has 0 saturated heterocycles. The Hall–Kier alpha value is -3.12. The molecule has 3 rings (SSSR count). The average molecular weight is 437 g/mol. The van der Waals surface area contributed by atoms with Crippen LogP contribution in [-0.4, -0.2) is 14.3 Å². The monoisotopic (exact) mass is 436 g/mol. The maximum Gasteiger partial charge on any atom is 0.261 e. The highest BCUT2D eigenvalue weighted by Gasteiger charge is 2.16. The van der Waals surface area contributed by atoms with Crippen LogP contribution in [0.25, 0.3) is 0 Å². The zero-order valence-corrected chi connectivity index (χ0v) is 19.1. The lowest BCUT2D eigenvalue weighted by molar-refractivity contribution is 0.0935. The van der Waals surface area contributed by atoms with Gasteiger partial charge in [0.15, 0.2) is 0 Å². The summed E-state index contributed by atoms with van der Waals surface area (Å²) in [5, 5.41) is 3.07. The van der Waals surface area contributed by atoms with E-state index in [9.17, 15) is 13.2 Å². The van der Waals surface area contributed by atoms with E-state index in [-0.39, 0.29) is 16.8 Å². The van der Waals surface area contributed by atoms with Crippen LogP contribution in [0.15, 0.2) is 71.6 Å². The van der Waals surface area contributed by atoms with Crippen LogP contribution in [0.4, 0.5) is 5.69 Å². The predicted octanol–water partition coefficient (Wildman–Crippen LogP) is 5.29. The van der Waals surface area contributed by atoms with Crippen molar-refractivity contribution in [1.29, 1.82) is 0 Å². The lowest BCUT2D eigenvalue weighted by atomic mass is 9.99. The molecule has 3 aromatic carbocycles. The van der Waals surface area contributed by atoms with Crippen LogP contribution in [-0.2, 0) is 10.0 Å². The Bertz CT molecular complexity index is 1170. The van der Waals surface area contributed by atoms with Crippen LogP contribution in [0.5, 0.6) is 0 Å². The first-order valence-electron chi connectivity index (χ1n) is 10.3. The van der Waals surface area contributed by atoms with Gasteiger partial charge in [0.1, 0.15) is 0 Å². The molecule has 3 aromatic rings. The van der Waals surface area contributed by atoms with E-state index >= 15 is 0 Å². The molecule has 0 fully saturated rings. The Morgan fingerprint density at radius 2 is 1.52 bits per heavy atom. The number of anilines is 1. The molecular weight excluding hydrogens is 408 g/mol. The molecule has 2 N–H and O–H groups in total. The number of carbonyl (C=O) groups is 1. The molecule has 6 heteroatoms. The first kappa shape index (κ1) is 22.6. The van der Waals surface area contributed by atoms with Gasteiger partial charge in [-0.15, -0.1) is 0 Å². The van der Waals surface area contributed by atoms with E-state index in [2.05, 4.69) is 36.0 Å². The molecular formula is C25H28N2O3S. The average Bonchev–Trinajstić information content (AvgIpc) is 2.74. The SMILES string of the molecule is CCC(NC(=O)c1ccc(NS(=O)(=O)c2ccc(C)cc2)cc1)c1ccc(C)c(C)c1. The van der Waals surface area contributed by atoms with Gasteiger partial charge in [-0.05, 0) is 80.3 Å². The van der Waals surface area contributed by atoms with Gasteiger partial charge in [0.25, 0.3) is 15.9 Å². The summed E-state index contributed by atoms with van der Waals surface area (Å²) < 4.78 is 27.6. The Labute approximate surface area is 184 Å². The highest BCUT2D eigenvalue weighted by molar-refractivity contribution is 7.92. The topological polar surface area (TPSA) is 75.3 Å². The fraction of sp³-hybridized carbons (Fsp3) is 0.240. The van der Waals surface area contributed by atoms with E-state index in [1.165, 1.54) is 11.1 Å². The summed E-state index contributed by atoms with van der Waals surface area (Å²) in [6.07, 6.45) is 0.767. The number of nitrogens with one attached hydrogen (secondary N) is 2. The van der Waals surface area contributed by atoms with E-state index in [1.54, 1.807) is 48.5 Å². The number of sulfonamides is 1. The summed E-state index contributed by atoms with van der Waals surface area (Å²) >= 11 is 0. The van der Waals surface area contributed by atoms with Gasteiger partial charge in [0.05, 0.1) is 10.9 Å². The van der Waals surface area contributed by atoms with E-state index in [0.717, 1.165) is 17.5 Å². The number of benzene rings is 3. The molecule has 0 aromatic heterocycles. The van der Waals surface area contributed by atoms with E-state index < -0.39 is 10.0 Å². The van der Waals surface area contributed by atoms with E-state index in [4.69, 9.17) is 0 Å². The molecule has 1 unspecified atom stereocenters. The third-order valence-corrected chi connectivity index (χ3v) is 6.77. The predicted molar refractivity (Wildman–Crippen MR) is 125 cm³/mol. The molecule has 0 heterocycles. The summed E-state index contributed by atoms with van der Waals surface area (Å²) in [7, 11) is -3.68. The van der Waals surface area contributed by atoms with Gasteiger partial charge in [0.2, 0.25) is 0 Å². The lowest BCUT2D eigenvalue weighted by Crippen LogP contribution is -2.28. The van der Waals surface area contributed by atoms with Crippen molar-refractivity contribution in [2.75, 3.05) is 4.72 Å². The van der Waals surface area contributed by atoms with Crippen LogP contribution >= 0.6 is 0 Å². The van der Waals surface area contributed by atoms with Crippen LogP contribution in [0.3, 0.4) is 0 Å². The maximum atomic E-state index is 12.7. The molecule has 0 saturated carbocycles. The largest absolute Gasteiger partial charge is 0.345 e. The molecule has 1 atom stereocenters. The van der Waals surface area contributed by atoms with Crippen LogP contribution < -0.4 is 10.0 Å². The van der Waals surface area contributed by atoms with E-state index in [1.807, 2.05) is 19.9 Å². The molecule has 0 aliphatic heterocycles. The van der Waals surface area contributed by atoms with Crippen molar-refractivity contribution in [3.05, 3.63) is 94.5 Å². The second-order valence-electron chi connectivity index (χ2n) is 7.77. The quantitative estimate of drug-likeness (QED) is 0.528. The van der Waals surface area contributed by atoms with Crippen molar-refractivity contribution < 1.29 is 13.2 Å². The Balaban J connectivity index is 1.70. The second kappa shape index (κ2) is 9.35. The molecule has 0 spiro atoms. The molecule has 31 heavy (non-hydrogen) atoms. The number of amides is 1. The van der Waals surface area contributed by atoms with Gasteiger partial charge in [-0.25, -0.2) is 8.42 Å². The van der Waals surface area contributed by atoms with Gasteiger partial charge in [-0.1, -0.05) is 42.8 Å². The fourth-order valence-electron chi connectivity index (χ4n) is 3.27. The van der Waals surface area contributed by atoms with Crippen LogP contribution in [0, 0.1) is 20.8 Å². The Kier molecular flexibility index (Phi) is 6.81. The van der Waals surface area contributed by atoms with Gasteiger partial charge in [0, 0.05) is 11.3 Å². The number of hydrogen-bond donors (Lipinski definition) is 2. The highest BCUT2D eigenvalue weighted by atomic mass is 32.2. The van der Waals surface area contributed by atoms with Gasteiger partial charge < -0.3 is 5.32 Å². The molecule has 162 valence electrons. The van der Waals surface area contributed by atoms with Gasteiger partial charge >= 0.3 is 0 Å². The summed E-state index contributed by atoms with van der Waals surface area (Å²) in [5.74, 6) is -0.196. The number of rotatable bonds is 7. The molecule has 0 aliphatic carbocycles. The lowest BCUT2D eigenvalue weighted by Gasteiger charge is -2.19. The zero-order valence-electron chi connectivity index (χ0n) is 18.3. The molecule has 0 aliphatic rings. The second-order valence-corrected chi connectivity index (χ2v) is 9.46. The Morgan fingerprint density at radius 1 is 0.871 bits per heavy atom. The number of hydrogen-bond acceptors (Lipinski definition) is 3. The summed E-state index contributed by atoms with van der Waals surface area (Å²) in [5.41, 5.74) is 5.34. The third kappa shape index (κ3) is 5.52. The minimum atomic E-state index is -3.68. The van der Waals surface area contributed by atoms with Crippen LogP contribution in [0.2, 0.25) is 0 Å². The Morgan fingerprint density at radius 3 is 2.10 bits per heavy atom. The standard InChI is InChI=1S/C25H28N2O3S/c1-5-24(21-9-8-18(3)19(4)16-21)26-25(28)20-10-12-22(13-11-20)27-31(29,30)23-14-6-17(2)7-15-23/h6-16,24,27H,5H2,1-4H3,(H,26,28). The fourth-order valence-corrected chi connectivity index (χ4v) is 4.32. The van der Waals surface area contributed by atoms with Crippen molar-refractivity contribution in [3.8, 4) is 0 Å².